The molecule has 0 fully saturated rings. The highest BCUT2D eigenvalue weighted by atomic mass is 79.9. The maximum absolute atomic E-state index is 13.5. The first-order valence-corrected chi connectivity index (χ1v) is 6.65. The van der Waals surface area contributed by atoms with Crippen molar-refractivity contribution < 1.29 is 9.18 Å². The summed E-state index contributed by atoms with van der Waals surface area (Å²) in [5.74, 6) is -0.602. The summed E-state index contributed by atoms with van der Waals surface area (Å²) in [4.78, 5) is 11.9. The molecule has 0 bridgehead atoms. The number of aryl methyl sites for hydroxylation is 1. The predicted molar refractivity (Wildman–Crippen MR) is 77.6 cm³/mol. The molecule has 0 aliphatic rings. The van der Waals surface area contributed by atoms with Gasteiger partial charge in [0.15, 0.2) is 0 Å². The van der Waals surface area contributed by atoms with Crippen LogP contribution < -0.4 is 5.32 Å². The van der Waals surface area contributed by atoms with E-state index in [2.05, 4.69) is 21.2 Å². The van der Waals surface area contributed by atoms with Gasteiger partial charge in [0.05, 0.1) is 6.42 Å². The Balaban J connectivity index is 2.10. The number of hydrogen-bond acceptors (Lipinski definition) is 1. The van der Waals surface area contributed by atoms with Gasteiger partial charge in [0.1, 0.15) is 5.82 Å². The summed E-state index contributed by atoms with van der Waals surface area (Å²) in [5, 5.41) is 2.78. The fourth-order valence-electron chi connectivity index (χ4n) is 1.76. The van der Waals surface area contributed by atoms with Crippen LogP contribution in [-0.4, -0.2) is 5.91 Å². The topological polar surface area (TPSA) is 29.1 Å². The van der Waals surface area contributed by atoms with Gasteiger partial charge in [-0.3, -0.25) is 4.79 Å². The molecule has 2 aromatic carbocycles. The number of benzene rings is 2. The molecule has 0 atom stereocenters. The van der Waals surface area contributed by atoms with Crippen molar-refractivity contribution in [3.8, 4) is 0 Å². The first kappa shape index (κ1) is 13.7. The second-order valence-corrected chi connectivity index (χ2v) is 5.19. The van der Waals surface area contributed by atoms with Crippen LogP contribution in [0.3, 0.4) is 0 Å². The SMILES string of the molecule is Cc1ccccc1NC(=O)Cc1cc(Br)ccc1F. The van der Waals surface area contributed by atoms with Crippen molar-refractivity contribution in [2.45, 2.75) is 13.3 Å². The third-order valence-electron chi connectivity index (χ3n) is 2.78. The van der Waals surface area contributed by atoms with Crippen LogP contribution in [0.2, 0.25) is 0 Å². The monoisotopic (exact) mass is 321 g/mol. The summed E-state index contributed by atoms with van der Waals surface area (Å²) < 4.78 is 14.3. The Hall–Kier alpha value is -1.68. The third-order valence-corrected chi connectivity index (χ3v) is 3.27. The summed E-state index contributed by atoms with van der Waals surface area (Å²) in [6.45, 7) is 1.91. The van der Waals surface area contributed by atoms with E-state index < -0.39 is 0 Å². The molecule has 0 aromatic heterocycles. The first-order chi connectivity index (χ1) is 9.06. The number of para-hydroxylation sites is 1. The van der Waals surface area contributed by atoms with E-state index >= 15 is 0 Å². The normalized spacial score (nSPS) is 10.3. The fourth-order valence-corrected chi connectivity index (χ4v) is 2.17. The van der Waals surface area contributed by atoms with Crippen molar-refractivity contribution in [3.63, 3.8) is 0 Å². The zero-order valence-electron chi connectivity index (χ0n) is 10.4. The molecule has 1 N–H and O–H groups in total. The maximum Gasteiger partial charge on any atom is 0.228 e. The minimum absolute atomic E-state index is 0.0135. The van der Waals surface area contributed by atoms with Crippen molar-refractivity contribution in [2.24, 2.45) is 0 Å². The van der Waals surface area contributed by atoms with Gasteiger partial charge in [-0.25, -0.2) is 4.39 Å². The molecule has 0 radical (unpaired) electrons. The van der Waals surface area contributed by atoms with Crippen LogP contribution >= 0.6 is 15.9 Å². The highest BCUT2D eigenvalue weighted by Crippen LogP contribution is 2.17. The molecule has 98 valence electrons. The van der Waals surface area contributed by atoms with Gasteiger partial charge in [-0.1, -0.05) is 34.1 Å². The Morgan fingerprint density at radius 1 is 1.26 bits per heavy atom. The molecule has 0 aliphatic heterocycles. The van der Waals surface area contributed by atoms with Crippen molar-refractivity contribution in [1.29, 1.82) is 0 Å². The Labute approximate surface area is 119 Å². The number of rotatable bonds is 3. The molecule has 2 aromatic rings. The Kier molecular flexibility index (Phi) is 4.32. The van der Waals surface area contributed by atoms with E-state index in [0.717, 1.165) is 15.7 Å². The molecular formula is C15H13BrFNO. The maximum atomic E-state index is 13.5. The zero-order valence-corrected chi connectivity index (χ0v) is 12.0. The summed E-state index contributed by atoms with van der Waals surface area (Å²) >= 11 is 3.27. The minimum Gasteiger partial charge on any atom is -0.326 e. The number of anilines is 1. The van der Waals surface area contributed by atoms with Crippen molar-refractivity contribution in [1.82, 2.24) is 0 Å². The van der Waals surface area contributed by atoms with Gasteiger partial charge in [0.2, 0.25) is 5.91 Å². The molecule has 0 saturated carbocycles. The Morgan fingerprint density at radius 3 is 2.74 bits per heavy atom. The second-order valence-electron chi connectivity index (χ2n) is 4.28. The quantitative estimate of drug-likeness (QED) is 0.906. The number of carbonyl (C=O) groups is 1. The number of halogens is 2. The molecule has 1 amide bonds. The van der Waals surface area contributed by atoms with Crippen molar-refractivity contribution >= 4 is 27.5 Å². The molecule has 0 spiro atoms. The van der Waals surface area contributed by atoms with Crippen molar-refractivity contribution in [2.75, 3.05) is 5.32 Å². The van der Waals surface area contributed by atoms with Crippen LogP contribution in [0, 0.1) is 12.7 Å². The molecule has 0 heterocycles. The number of carbonyl (C=O) groups excluding carboxylic acids is 1. The average molecular weight is 322 g/mol. The van der Waals surface area contributed by atoms with Gasteiger partial charge in [-0.05, 0) is 42.3 Å². The molecular weight excluding hydrogens is 309 g/mol. The fraction of sp³-hybridized carbons (Fsp3) is 0.133. The lowest BCUT2D eigenvalue weighted by Gasteiger charge is -2.08. The molecule has 0 unspecified atom stereocenters. The minimum atomic E-state index is -0.372. The highest BCUT2D eigenvalue weighted by molar-refractivity contribution is 9.10. The average Bonchev–Trinajstić information content (AvgIpc) is 2.37. The standard InChI is InChI=1S/C15H13BrFNO/c1-10-4-2-3-5-14(10)18-15(19)9-11-8-12(16)6-7-13(11)17/h2-8H,9H2,1H3,(H,18,19). The van der Waals surface area contributed by atoms with Gasteiger partial charge < -0.3 is 5.32 Å². The molecule has 0 aliphatic carbocycles. The lowest BCUT2D eigenvalue weighted by Crippen LogP contribution is -2.15. The molecule has 2 nitrogen and oxygen atoms in total. The van der Waals surface area contributed by atoms with Crippen LogP contribution in [0.15, 0.2) is 46.9 Å². The Morgan fingerprint density at radius 2 is 2.00 bits per heavy atom. The largest absolute Gasteiger partial charge is 0.326 e. The number of hydrogen-bond donors (Lipinski definition) is 1. The van der Waals surface area contributed by atoms with E-state index in [-0.39, 0.29) is 18.1 Å². The number of nitrogens with one attached hydrogen (secondary N) is 1. The first-order valence-electron chi connectivity index (χ1n) is 5.85. The molecule has 19 heavy (non-hydrogen) atoms. The molecule has 0 saturated heterocycles. The highest BCUT2D eigenvalue weighted by Gasteiger charge is 2.09. The summed E-state index contributed by atoms with van der Waals surface area (Å²) in [6, 6.07) is 12.1. The predicted octanol–water partition coefficient (Wildman–Crippen LogP) is 4.08. The second kappa shape index (κ2) is 5.97. The van der Waals surface area contributed by atoms with E-state index in [1.165, 1.54) is 6.07 Å². The van der Waals surface area contributed by atoms with Gasteiger partial charge in [-0.2, -0.15) is 0 Å². The van der Waals surface area contributed by atoms with Gasteiger partial charge in [0, 0.05) is 10.2 Å². The lowest BCUT2D eigenvalue weighted by molar-refractivity contribution is -0.115. The zero-order chi connectivity index (χ0) is 13.8. The van der Waals surface area contributed by atoms with Crippen LogP contribution in [0.5, 0.6) is 0 Å². The third kappa shape index (κ3) is 3.64. The van der Waals surface area contributed by atoms with E-state index in [1.807, 2.05) is 31.2 Å². The summed E-state index contributed by atoms with van der Waals surface area (Å²) in [5.41, 5.74) is 2.11. The van der Waals surface area contributed by atoms with E-state index in [9.17, 15) is 9.18 Å². The van der Waals surface area contributed by atoms with Crippen molar-refractivity contribution in [3.05, 3.63) is 63.9 Å². The molecule has 4 heteroatoms. The van der Waals surface area contributed by atoms with E-state index in [0.29, 0.717) is 5.56 Å². The molecule has 2 rings (SSSR count). The Bertz CT molecular complexity index is 613. The summed E-state index contributed by atoms with van der Waals surface area (Å²) in [6.07, 6.45) is 0.0135. The van der Waals surface area contributed by atoms with Crippen LogP contribution in [0.4, 0.5) is 10.1 Å². The lowest BCUT2D eigenvalue weighted by atomic mass is 10.1. The van der Waals surface area contributed by atoms with Gasteiger partial charge in [-0.15, -0.1) is 0 Å². The van der Waals surface area contributed by atoms with Crippen LogP contribution in [0.1, 0.15) is 11.1 Å². The number of amides is 1. The van der Waals surface area contributed by atoms with Gasteiger partial charge in [0.25, 0.3) is 0 Å². The van der Waals surface area contributed by atoms with E-state index in [4.69, 9.17) is 0 Å². The van der Waals surface area contributed by atoms with Gasteiger partial charge >= 0.3 is 0 Å². The summed E-state index contributed by atoms with van der Waals surface area (Å²) in [7, 11) is 0. The van der Waals surface area contributed by atoms with E-state index in [1.54, 1.807) is 12.1 Å². The smallest absolute Gasteiger partial charge is 0.228 e. The van der Waals surface area contributed by atoms with Crippen LogP contribution in [-0.2, 0) is 11.2 Å². The van der Waals surface area contributed by atoms with Crippen LogP contribution in [0.25, 0.3) is 0 Å².